The average molecular weight is 439 g/mol. The fraction of sp³-hybridized carbons (Fsp3) is 0. The molecule has 0 saturated heterocycles. The number of rotatable bonds is 4. The summed E-state index contributed by atoms with van der Waals surface area (Å²) in [5.41, 5.74) is 1.12. The van der Waals surface area contributed by atoms with E-state index < -0.39 is 4.92 Å². The maximum absolute atomic E-state index is 11.0. The van der Waals surface area contributed by atoms with Crippen LogP contribution in [-0.4, -0.2) is 26.0 Å². The van der Waals surface area contributed by atoms with Crippen molar-refractivity contribution in [1.29, 1.82) is 0 Å². The summed E-state index contributed by atoms with van der Waals surface area (Å²) in [6, 6.07) is 11.9. The summed E-state index contributed by atoms with van der Waals surface area (Å²) in [5.74, 6) is 0.511. The van der Waals surface area contributed by atoms with Crippen molar-refractivity contribution in [2.24, 2.45) is 5.10 Å². The van der Waals surface area contributed by atoms with Crippen LogP contribution < -0.4 is 0 Å². The maximum Gasteiger partial charge on any atom is 0.288 e. The van der Waals surface area contributed by atoms with Gasteiger partial charge in [0.1, 0.15) is 5.02 Å². The Kier molecular flexibility index (Phi) is 5.07. The number of halogens is 2. The Labute approximate surface area is 160 Å². The van der Waals surface area contributed by atoms with Gasteiger partial charge < -0.3 is 0 Å². The van der Waals surface area contributed by atoms with Gasteiger partial charge in [-0.05, 0) is 30.4 Å². The van der Waals surface area contributed by atoms with Crippen molar-refractivity contribution in [3.63, 3.8) is 0 Å². The lowest BCUT2D eigenvalue weighted by molar-refractivity contribution is -0.384. The van der Waals surface area contributed by atoms with Gasteiger partial charge in [-0.15, -0.1) is 0 Å². The number of aromatic nitrogens is 3. The SMILES string of the molecule is O=[N+]([O-])c1cc(/C=N/n2c(-c3ccccc3Br)n[nH]c2=S)ccc1Cl. The molecule has 3 aromatic rings. The monoisotopic (exact) mass is 437 g/mol. The van der Waals surface area contributed by atoms with E-state index in [2.05, 4.69) is 31.2 Å². The molecule has 0 amide bonds. The van der Waals surface area contributed by atoms with Crippen LogP contribution in [0.5, 0.6) is 0 Å². The highest BCUT2D eigenvalue weighted by molar-refractivity contribution is 9.10. The molecule has 0 saturated carbocycles. The van der Waals surface area contributed by atoms with Crippen molar-refractivity contribution < 1.29 is 4.92 Å². The van der Waals surface area contributed by atoms with E-state index in [1.165, 1.54) is 23.0 Å². The molecule has 7 nitrogen and oxygen atoms in total. The van der Waals surface area contributed by atoms with E-state index in [0.29, 0.717) is 16.2 Å². The summed E-state index contributed by atoms with van der Waals surface area (Å²) in [6.07, 6.45) is 1.45. The lowest BCUT2D eigenvalue weighted by Gasteiger charge is -2.03. The number of nitro groups is 1. The molecule has 0 fully saturated rings. The van der Waals surface area contributed by atoms with E-state index in [1.807, 2.05) is 24.3 Å². The average Bonchev–Trinajstić information content (AvgIpc) is 2.95. The lowest BCUT2D eigenvalue weighted by Crippen LogP contribution is -1.96. The molecule has 0 aliphatic carbocycles. The Morgan fingerprint density at radius 2 is 2.12 bits per heavy atom. The normalized spacial score (nSPS) is 11.1. The van der Waals surface area contributed by atoms with Crippen LogP contribution in [0.3, 0.4) is 0 Å². The summed E-state index contributed by atoms with van der Waals surface area (Å²) in [6.45, 7) is 0. The van der Waals surface area contributed by atoms with Crippen LogP contribution in [0.4, 0.5) is 5.69 Å². The van der Waals surface area contributed by atoms with E-state index in [4.69, 9.17) is 23.8 Å². The zero-order valence-corrected chi connectivity index (χ0v) is 15.5. The van der Waals surface area contributed by atoms with Gasteiger partial charge in [0.05, 0.1) is 11.1 Å². The first-order chi connectivity index (χ1) is 12.0. The van der Waals surface area contributed by atoms with Gasteiger partial charge in [0.25, 0.3) is 5.69 Å². The molecule has 0 aliphatic heterocycles. The third-order valence-corrected chi connectivity index (χ3v) is 4.53. The van der Waals surface area contributed by atoms with Crippen molar-refractivity contribution in [3.8, 4) is 11.4 Å². The fourth-order valence-electron chi connectivity index (χ4n) is 2.09. The van der Waals surface area contributed by atoms with Crippen molar-refractivity contribution in [2.45, 2.75) is 0 Å². The van der Waals surface area contributed by atoms with E-state index >= 15 is 0 Å². The minimum Gasteiger partial charge on any atom is -0.258 e. The second-order valence-corrected chi connectivity index (χ2v) is 6.50. The second-order valence-electron chi connectivity index (χ2n) is 4.86. The van der Waals surface area contributed by atoms with Crippen LogP contribution in [0.15, 0.2) is 52.0 Å². The molecule has 0 atom stereocenters. The molecule has 10 heteroatoms. The minimum atomic E-state index is -0.546. The van der Waals surface area contributed by atoms with Gasteiger partial charge in [0, 0.05) is 21.7 Å². The van der Waals surface area contributed by atoms with Crippen LogP contribution in [0.2, 0.25) is 5.02 Å². The highest BCUT2D eigenvalue weighted by Crippen LogP contribution is 2.27. The van der Waals surface area contributed by atoms with Gasteiger partial charge >= 0.3 is 0 Å². The number of benzene rings is 2. The predicted molar refractivity (Wildman–Crippen MR) is 102 cm³/mol. The zero-order valence-electron chi connectivity index (χ0n) is 12.4. The molecule has 3 rings (SSSR count). The number of nitrogens with zero attached hydrogens (tertiary/aromatic N) is 4. The number of aromatic amines is 1. The molecule has 2 aromatic carbocycles. The van der Waals surface area contributed by atoms with Crippen LogP contribution in [0.25, 0.3) is 11.4 Å². The quantitative estimate of drug-likeness (QED) is 0.274. The predicted octanol–water partition coefficient (Wildman–Crippen LogP) is 4.81. The Hall–Kier alpha value is -2.36. The first-order valence-electron chi connectivity index (χ1n) is 6.88. The van der Waals surface area contributed by atoms with Gasteiger partial charge in [0.2, 0.25) is 4.77 Å². The summed E-state index contributed by atoms with van der Waals surface area (Å²) >= 11 is 14.5. The van der Waals surface area contributed by atoms with Crippen LogP contribution in [0.1, 0.15) is 5.56 Å². The summed E-state index contributed by atoms with van der Waals surface area (Å²) in [7, 11) is 0. The molecule has 0 radical (unpaired) electrons. The summed E-state index contributed by atoms with van der Waals surface area (Å²) in [4.78, 5) is 10.4. The summed E-state index contributed by atoms with van der Waals surface area (Å²) in [5, 5.41) is 22.2. The Bertz CT molecular complexity index is 1050. The molecule has 1 heterocycles. The standard InChI is InChI=1S/C15H9BrClN5O2S/c16-11-4-2-1-3-10(11)14-19-20-15(25)21(14)18-8-9-5-6-12(17)13(7-9)22(23)24/h1-8H,(H,20,25)/b18-8+. The molecule has 126 valence electrons. The molecule has 0 bridgehead atoms. The Balaban J connectivity index is 2.02. The third-order valence-electron chi connectivity index (χ3n) is 3.25. The topological polar surface area (TPSA) is 89.1 Å². The number of hydrogen-bond donors (Lipinski definition) is 1. The second kappa shape index (κ2) is 7.26. The van der Waals surface area contributed by atoms with Crippen LogP contribution in [-0.2, 0) is 0 Å². The molecule has 0 aliphatic rings. The molecule has 25 heavy (non-hydrogen) atoms. The van der Waals surface area contributed by atoms with E-state index in [9.17, 15) is 10.1 Å². The zero-order chi connectivity index (χ0) is 18.0. The lowest BCUT2D eigenvalue weighted by atomic mass is 10.2. The molecule has 1 N–H and O–H groups in total. The first-order valence-corrected chi connectivity index (χ1v) is 8.46. The molecular formula is C15H9BrClN5O2S. The van der Waals surface area contributed by atoms with Gasteiger partial charge in [-0.3, -0.25) is 10.1 Å². The van der Waals surface area contributed by atoms with Crippen LogP contribution in [0, 0.1) is 14.9 Å². The molecule has 0 unspecified atom stereocenters. The van der Waals surface area contributed by atoms with Crippen LogP contribution >= 0.6 is 39.7 Å². The number of H-pyrrole nitrogens is 1. The largest absolute Gasteiger partial charge is 0.288 e. The van der Waals surface area contributed by atoms with Crippen molar-refractivity contribution in [2.75, 3.05) is 0 Å². The Morgan fingerprint density at radius 1 is 1.36 bits per heavy atom. The number of hydrogen-bond acceptors (Lipinski definition) is 5. The van der Waals surface area contributed by atoms with Gasteiger partial charge in [-0.1, -0.05) is 45.7 Å². The number of nitro benzene ring substituents is 1. The van der Waals surface area contributed by atoms with Gasteiger partial charge in [-0.25, -0.2) is 5.10 Å². The highest BCUT2D eigenvalue weighted by atomic mass is 79.9. The molecule has 0 spiro atoms. The third kappa shape index (κ3) is 3.68. The van der Waals surface area contributed by atoms with Crippen molar-refractivity contribution in [3.05, 3.63) is 72.4 Å². The number of nitrogens with one attached hydrogen (secondary N) is 1. The van der Waals surface area contributed by atoms with Gasteiger partial charge in [0.15, 0.2) is 5.82 Å². The van der Waals surface area contributed by atoms with E-state index in [-0.39, 0.29) is 10.7 Å². The van der Waals surface area contributed by atoms with Gasteiger partial charge in [-0.2, -0.15) is 14.9 Å². The highest BCUT2D eigenvalue weighted by Gasteiger charge is 2.13. The molecular weight excluding hydrogens is 430 g/mol. The maximum atomic E-state index is 11.0. The minimum absolute atomic E-state index is 0.0657. The van der Waals surface area contributed by atoms with E-state index in [0.717, 1.165) is 10.0 Å². The van der Waals surface area contributed by atoms with Crippen molar-refractivity contribution >= 4 is 51.7 Å². The Morgan fingerprint density at radius 3 is 2.84 bits per heavy atom. The smallest absolute Gasteiger partial charge is 0.258 e. The van der Waals surface area contributed by atoms with Crippen molar-refractivity contribution in [1.82, 2.24) is 14.9 Å². The fourth-order valence-corrected chi connectivity index (χ4v) is 2.92. The first kappa shape index (κ1) is 17.5. The molecule has 1 aromatic heterocycles. The van der Waals surface area contributed by atoms with E-state index in [1.54, 1.807) is 6.07 Å². The summed E-state index contributed by atoms with van der Waals surface area (Å²) < 4.78 is 2.57.